The number of carbonyl (C=O) groups excluding carboxylic acids is 1. The van der Waals surface area contributed by atoms with Crippen molar-refractivity contribution >= 4 is 23.3 Å². The molecule has 0 aliphatic carbocycles. The van der Waals surface area contributed by atoms with Gasteiger partial charge in [0.25, 0.3) is 5.91 Å². The van der Waals surface area contributed by atoms with E-state index in [9.17, 15) is 4.79 Å². The second-order valence-corrected chi connectivity index (χ2v) is 8.11. The maximum Gasteiger partial charge on any atom is 0.253 e. The average Bonchev–Trinajstić information content (AvgIpc) is 3.11. The van der Waals surface area contributed by atoms with Crippen molar-refractivity contribution in [2.75, 3.05) is 25.4 Å². The molecule has 2 N–H and O–H groups in total. The number of benzene rings is 2. The van der Waals surface area contributed by atoms with Gasteiger partial charge in [0.2, 0.25) is 0 Å². The number of piperidine rings is 1. The van der Waals surface area contributed by atoms with Crippen molar-refractivity contribution in [1.29, 1.82) is 0 Å². The molecule has 1 saturated heterocycles. The number of rotatable bonds is 5. The minimum Gasteiger partial charge on any atom is -0.493 e. The molecular weight excluding hydrogens is 400 g/mol. The molecule has 2 heterocycles. The molecule has 1 aliphatic heterocycles. The summed E-state index contributed by atoms with van der Waals surface area (Å²) in [5.74, 6) is 1.90. The first-order valence-electron chi connectivity index (χ1n) is 10.1. The zero-order valence-electron chi connectivity index (χ0n) is 16.9. The first-order valence-corrected chi connectivity index (χ1v) is 10.5. The van der Waals surface area contributed by atoms with E-state index in [0.29, 0.717) is 28.9 Å². The van der Waals surface area contributed by atoms with Crippen LogP contribution in [0.5, 0.6) is 5.75 Å². The number of anilines is 1. The molecule has 7 heteroatoms. The van der Waals surface area contributed by atoms with Crippen LogP contribution in [0.15, 0.2) is 54.6 Å². The summed E-state index contributed by atoms with van der Waals surface area (Å²) in [5, 5.41) is 5.07. The minimum atomic E-state index is 0.0586. The smallest absolute Gasteiger partial charge is 0.253 e. The number of nitrogens with two attached hydrogens (primary N) is 1. The van der Waals surface area contributed by atoms with Crippen LogP contribution in [-0.4, -0.2) is 40.3 Å². The Hall–Kier alpha value is -2.99. The van der Waals surface area contributed by atoms with Crippen LogP contribution in [0, 0.1) is 12.8 Å². The zero-order chi connectivity index (χ0) is 21.1. The van der Waals surface area contributed by atoms with Crippen molar-refractivity contribution in [2.24, 2.45) is 5.92 Å². The van der Waals surface area contributed by atoms with Crippen LogP contribution in [0.3, 0.4) is 0 Å². The Morgan fingerprint density at radius 1 is 1.13 bits per heavy atom. The number of likely N-dealkylation sites (tertiary alicyclic amines) is 1. The molecule has 1 aliphatic rings. The number of aryl methyl sites for hydroxylation is 1. The molecule has 0 unspecified atom stereocenters. The van der Waals surface area contributed by atoms with E-state index in [1.54, 1.807) is 4.68 Å². The highest BCUT2D eigenvalue weighted by Gasteiger charge is 2.24. The van der Waals surface area contributed by atoms with E-state index in [1.165, 1.54) is 0 Å². The minimum absolute atomic E-state index is 0.0586. The van der Waals surface area contributed by atoms with Crippen LogP contribution in [0.2, 0.25) is 5.02 Å². The lowest BCUT2D eigenvalue weighted by molar-refractivity contribution is 0.0661. The number of halogens is 1. The van der Waals surface area contributed by atoms with Crippen LogP contribution in [-0.2, 0) is 0 Å². The third-order valence-corrected chi connectivity index (χ3v) is 5.67. The maximum absolute atomic E-state index is 12.9. The summed E-state index contributed by atoms with van der Waals surface area (Å²) in [7, 11) is 0. The van der Waals surface area contributed by atoms with Gasteiger partial charge in [-0.05, 0) is 74.2 Å². The van der Waals surface area contributed by atoms with Gasteiger partial charge in [-0.2, -0.15) is 5.10 Å². The first-order chi connectivity index (χ1) is 14.5. The predicted molar refractivity (Wildman–Crippen MR) is 118 cm³/mol. The molecule has 1 fully saturated rings. The number of hydrogen-bond donors (Lipinski definition) is 1. The van der Waals surface area contributed by atoms with Crippen LogP contribution in [0.25, 0.3) is 5.69 Å². The summed E-state index contributed by atoms with van der Waals surface area (Å²) in [4.78, 5) is 14.8. The fraction of sp³-hybridized carbons (Fsp3) is 0.304. The van der Waals surface area contributed by atoms with Gasteiger partial charge in [0.15, 0.2) is 0 Å². The van der Waals surface area contributed by atoms with E-state index in [2.05, 4.69) is 5.10 Å². The average molecular weight is 425 g/mol. The molecule has 156 valence electrons. The van der Waals surface area contributed by atoms with E-state index in [4.69, 9.17) is 22.1 Å². The summed E-state index contributed by atoms with van der Waals surface area (Å²) in [6, 6.07) is 16.7. The Kier molecular flexibility index (Phi) is 5.95. The van der Waals surface area contributed by atoms with Gasteiger partial charge in [-0.3, -0.25) is 4.79 Å². The number of nitrogens with zero attached hydrogens (tertiary/aromatic N) is 3. The molecule has 1 amide bonds. The SMILES string of the molecule is Cc1cc(N)n(-c2ccc(C(=O)N3CCC(COc4ccc(Cl)cc4)CC3)cc2)n1. The molecule has 3 aromatic rings. The number of aromatic nitrogens is 2. The molecule has 1 aromatic heterocycles. The Balaban J connectivity index is 1.30. The van der Waals surface area contributed by atoms with Crippen molar-refractivity contribution in [3.63, 3.8) is 0 Å². The number of ether oxygens (including phenoxy) is 1. The van der Waals surface area contributed by atoms with Gasteiger partial charge in [0.05, 0.1) is 18.0 Å². The van der Waals surface area contributed by atoms with Gasteiger partial charge >= 0.3 is 0 Å². The molecule has 4 rings (SSSR count). The van der Waals surface area contributed by atoms with Crippen LogP contribution in [0.1, 0.15) is 28.9 Å². The number of amides is 1. The largest absolute Gasteiger partial charge is 0.493 e. The van der Waals surface area contributed by atoms with E-state index in [1.807, 2.05) is 66.4 Å². The Bertz CT molecular complexity index is 1010. The van der Waals surface area contributed by atoms with Gasteiger partial charge in [-0.15, -0.1) is 0 Å². The lowest BCUT2D eigenvalue weighted by atomic mass is 9.97. The predicted octanol–water partition coefficient (Wildman–Crippen LogP) is 4.35. The first kappa shape index (κ1) is 20.3. The van der Waals surface area contributed by atoms with Gasteiger partial charge in [-0.25, -0.2) is 4.68 Å². The number of carbonyl (C=O) groups is 1. The van der Waals surface area contributed by atoms with E-state index in [-0.39, 0.29) is 5.91 Å². The van der Waals surface area contributed by atoms with Crippen LogP contribution in [0.4, 0.5) is 5.82 Å². The van der Waals surface area contributed by atoms with Crippen molar-refractivity contribution in [3.05, 3.63) is 70.9 Å². The third kappa shape index (κ3) is 4.60. The standard InChI is InChI=1S/C23H25ClN4O2/c1-16-14-22(25)28(26-16)20-6-2-18(3-7-20)23(29)27-12-10-17(11-13-27)15-30-21-8-4-19(24)5-9-21/h2-9,14,17H,10-13,15,25H2,1H3. The van der Waals surface area contributed by atoms with Crippen LogP contribution < -0.4 is 10.5 Å². The zero-order valence-corrected chi connectivity index (χ0v) is 17.7. The fourth-order valence-electron chi connectivity index (χ4n) is 3.70. The highest BCUT2D eigenvalue weighted by atomic mass is 35.5. The van der Waals surface area contributed by atoms with Crippen molar-refractivity contribution in [3.8, 4) is 11.4 Å². The monoisotopic (exact) mass is 424 g/mol. The van der Waals surface area contributed by atoms with E-state index in [0.717, 1.165) is 43.1 Å². The van der Waals surface area contributed by atoms with Crippen molar-refractivity contribution in [1.82, 2.24) is 14.7 Å². The van der Waals surface area contributed by atoms with Crippen LogP contribution >= 0.6 is 11.6 Å². The van der Waals surface area contributed by atoms with Crippen molar-refractivity contribution < 1.29 is 9.53 Å². The lowest BCUT2D eigenvalue weighted by Crippen LogP contribution is -2.39. The number of hydrogen-bond acceptors (Lipinski definition) is 4. The molecule has 30 heavy (non-hydrogen) atoms. The molecule has 6 nitrogen and oxygen atoms in total. The molecule has 2 aromatic carbocycles. The van der Waals surface area contributed by atoms with E-state index >= 15 is 0 Å². The second-order valence-electron chi connectivity index (χ2n) is 7.67. The molecule has 0 atom stereocenters. The van der Waals surface area contributed by atoms with Gasteiger partial charge in [-0.1, -0.05) is 11.6 Å². The van der Waals surface area contributed by atoms with Gasteiger partial charge in [0.1, 0.15) is 11.6 Å². The Morgan fingerprint density at radius 2 is 1.80 bits per heavy atom. The van der Waals surface area contributed by atoms with Crippen molar-refractivity contribution in [2.45, 2.75) is 19.8 Å². The summed E-state index contributed by atoms with van der Waals surface area (Å²) in [5.41, 5.74) is 8.36. The summed E-state index contributed by atoms with van der Waals surface area (Å²) < 4.78 is 7.54. The molecular formula is C23H25ClN4O2. The summed E-state index contributed by atoms with van der Waals surface area (Å²) >= 11 is 5.90. The lowest BCUT2D eigenvalue weighted by Gasteiger charge is -2.32. The number of nitrogen functional groups attached to an aromatic ring is 1. The van der Waals surface area contributed by atoms with Gasteiger partial charge < -0.3 is 15.4 Å². The topological polar surface area (TPSA) is 73.4 Å². The highest BCUT2D eigenvalue weighted by molar-refractivity contribution is 6.30. The molecule has 0 spiro atoms. The normalized spacial score (nSPS) is 14.7. The molecule has 0 radical (unpaired) electrons. The third-order valence-electron chi connectivity index (χ3n) is 5.42. The fourth-order valence-corrected chi connectivity index (χ4v) is 3.83. The summed E-state index contributed by atoms with van der Waals surface area (Å²) in [6.07, 6.45) is 1.86. The quantitative estimate of drug-likeness (QED) is 0.660. The molecule has 0 saturated carbocycles. The maximum atomic E-state index is 12.9. The highest BCUT2D eigenvalue weighted by Crippen LogP contribution is 2.22. The van der Waals surface area contributed by atoms with E-state index < -0.39 is 0 Å². The molecule has 0 bridgehead atoms. The second kappa shape index (κ2) is 8.79. The Labute approximate surface area is 181 Å². The Morgan fingerprint density at radius 3 is 2.40 bits per heavy atom. The summed E-state index contributed by atoms with van der Waals surface area (Å²) in [6.45, 7) is 4.03. The van der Waals surface area contributed by atoms with Gasteiger partial charge in [0, 0.05) is 29.7 Å².